The minimum atomic E-state index is -0.481. The van der Waals surface area contributed by atoms with Gasteiger partial charge in [-0.1, -0.05) is 30.1 Å². The zero-order valence-corrected chi connectivity index (χ0v) is 17.8. The lowest BCUT2D eigenvalue weighted by atomic mass is 10.0. The lowest BCUT2D eigenvalue weighted by Gasteiger charge is -2.40. The molecule has 2 saturated heterocycles. The first-order chi connectivity index (χ1) is 14.1. The van der Waals surface area contributed by atoms with E-state index in [1.54, 1.807) is 0 Å². The summed E-state index contributed by atoms with van der Waals surface area (Å²) in [6, 6.07) is 7.32. The van der Waals surface area contributed by atoms with Gasteiger partial charge < -0.3 is 13.7 Å². The van der Waals surface area contributed by atoms with E-state index in [-0.39, 0.29) is 12.1 Å². The molecule has 0 saturated carbocycles. The standard InChI is InChI=1S/C23H34N3O3/c1-3-26(2)16-12-18(13-17-26)28-23(27)22(25-14-8-4-5-9-15-25)21-19-10-6-7-11-20(19)29-24-21/h6-7,10-11,18,22H,3-5,8-9,12-17H2,1-2H3/q+1/t18?,22-,26?/m1/s1. The van der Waals surface area contributed by atoms with Crippen LogP contribution in [0.15, 0.2) is 28.8 Å². The van der Waals surface area contributed by atoms with Gasteiger partial charge in [0.2, 0.25) is 0 Å². The Hall–Kier alpha value is -1.92. The molecule has 2 aliphatic rings. The summed E-state index contributed by atoms with van der Waals surface area (Å²) in [5.41, 5.74) is 1.43. The van der Waals surface area contributed by atoms with Crippen molar-refractivity contribution in [1.82, 2.24) is 10.1 Å². The summed E-state index contributed by atoms with van der Waals surface area (Å²) in [6.07, 6.45) is 6.52. The number of fused-ring (bicyclic) bond motifs is 1. The number of nitrogens with zero attached hydrogens (tertiary/aromatic N) is 3. The number of hydrogen-bond donors (Lipinski definition) is 0. The predicted molar refractivity (Wildman–Crippen MR) is 112 cm³/mol. The highest BCUT2D eigenvalue weighted by Gasteiger charge is 2.37. The SMILES string of the molecule is CC[N+]1(C)CCC(OC(=O)[C@@H](c2noc3ccccc23)N2CCCCCC2)CC1. The van der Waals surface area contributed by atoms with E-state index in [4.69, 9.17) is 9.26 Å². The van der Waals surface area contributed by atoms with E-state index < -0.39 is 6.04 Å². The fourth-order valence-corrected chi connectivity index (χ4v) is 4.72. The molecule has 2 aliphatic heterocycles. The third kappa shape index (κ3) is 4.48. The van der Waals surface area contributed by atoms with Gasteiger partial charge in [0, 0.05) is 18.2 Å². The molecule has 2 aromatic rings. The van der Waals surface area contributed by atoms with Crippen LogP contribution in [0.2, 0.25) is 0 Å². The number of rotatable bonds is 5. The number of aromatic nitrogens is 1. The van der Waals surface area contributed by atoms with Crippen molar-refractivity contribution >= 4 is 16.9 Å². The second kappa shape index (κ2) is 8.84. The number of benzene rings is 1. The average molecular weight is 401 g/mol. The minimum Gasteiger partial charge on any atom is -0.460 e. The normalized spacial score (nSPS) is 27.4. The van der Waals surface area contributed by atoms with E-state index in [1.165, 1.54) is 12.8 Å². The van der Waals surface area contributed by atoms with E-state index in [2.05, 4.69) is 24.0 Å². The number of quaternary nitrogens is 1. The number of esters is 1. The van der Waals surface area contributed by atoms with Crippen LogP contribution in [-0.2, 0) is 9.53 Å². The fourth-order valence-electron chi connectivity index (χ4n) is 4.72. The van der Waals surface area contributed by atoms with Crippen LogP contribution in [0.4, 0.5) is 0 Å². The number of likely N-dealkylation sites (tertiary alicyclic amines) is 2. The van der Waals surface area contributed by atoms with Crippen molar-refractivity contribution in [2.45, 2.75) is 57.6 Å². The van der Waals surface area contributed by atoms with E-state index in [0.29, 0.717) is 5.69 Å². The van der Waals surface area contributed by atoms with Crippen LogP contribution in [-0.4, -0.2) is 66.4 Å². The molecule has 1 atom stereocenters. The molecule has 4 rings (SSSR count). The molecular weight excluding hydrogens is 366 g/mol. The molecule has 0 aliphatic carbocycles. The number of piperidine rings is 1. The molecule has 1 aromatic carbocycles. The van der Waals surface area contributed by atoms with Crippen molar-refractivity contribution in [2.24, 2.45) is 0 Å². The zero-order valence-electron chi connectivity index (χ0n) is 17.8. The molecule has 3 heterocycles. The lowest BCUT2D eigenvalue weighted by Crippen LogP contribution is -2.51. The highest BCUT2D eigenvalue weighted by molar-refractivity contribution is 5.87. The molecule has 0 spiro atoms. The van der Waals surface area contributed by atoms with Crippen molar-refractivity contribution in [1.29, 1.82) is 0 Å². The Kier molecular flexibility index (Phi) is 6.20. The van der Waals surface area contributed by atoms with Crippen LogP contribution in [0.3, 0.4) is 0 Å². The van der Waals surface area contributed by atoms with Crippen molar-refractivity contribution < 1.29 is 18.5 Å². The average Bonchev–Trinajstić information content (AvgIpc) is 2.97. The molecule has 1 aromatic heterocycles. The Morgan fingerprint density at radius 1 is 1.21 bits per heavy atom. The number of para-hydroxylation sites is 1. The number of ether oxygens (including phenoxy) is 1. The maximum absolute atomic E-state index is 13.4. The summed E-state index contributed by atoms with van der Waals surface area (Å²) in [5.74, 6) is -0.163. The quantitative estimate of drug-likeness (QED) is 0.562. The van der Waals surface area contributed by atoms with E-state index in [9.17, 15) is 4.79 Å². The third-order valence-electron chi connectivity index (χ3n) is 6.92. The molecule has 158 valence electrons. The van der Waals surface area contributed by atoms with Gasteiger partial charge in [-0.25, -0.2) is 4.79 Å². The van der Waals surface area contributed by atoms with E-state index >= 15 is 0 Å². The molecule has 6 heteroatoms. The maximum Gasteiger partial charge on any atom is 0.330 e. The van der Waals surface area contributed by atoms with Crippen molar-refractivity contribution in [3.8, 4) is 0 Å². The Bertz CT molecular complexity index is 818. The molecule has 0 N–H and O–H groups in total. The first-order valence-corrected chi connectivity index (χ1v) is 11.2. The summed E-state index contributed by atoms with van der Waals surface area (Å²) < 4.78 is 12.7. The number of carbonyl (C=O) groups is 1. The Morgan fingerprint density at radius 3 is 2.59 bits per heavy atom. The Balaban J connectivity index is 1.56. The summed E-state index contributed by atoms with van der Waals surface area (Å²) in [5, 5.41) is 5.25. The molecule has 29 heavy (non-hydrogen) atoms. The summed E-state index contributed by atoms with van der Waals surface area (Å²) in [6.45, 7) is 7.29. The molecule has 2 fully saturated rings. The van der Waals surface area contributed by atoms with Crippen LogP contribution in [0.5, 0.6) is 0 Å². The van der Waals surface area contributed by atoms with Gasteiger partial charge in [0.1, 0.15) is 11.8 Å². The predicted octanol–water partition coefficient (Wildman–Crippen LogP) is 3.92. The second-order valence-electron chi connectivity index (χ2n) is 8.94. The van der Waals surface area contributed by atoms with Gasteiger partial charge in [-0.2, -0.15) is 0 Å². The summed E-state index contributed by atoms with van der Waals surface area (Å²) >= 11 is 0. The monoisotopic (exact) mass is 400 g/mol. The van der Waals surface area contributed by atoms with Gasteiger partial charge in [0.25, 0.3) is 0 Å². The van der Waals surface area contributed by atoms with Crippen LogP contribution in [0.25, 0.3) is 11.0 Å². The van der Waals surface area contributed by atoms with Crippen molar-refractivity contribution in [2.75, 3.05) is 39.8 Å². The molecule has 0 bridgehead atoms. The molecule has 0 unspecified atom stereocenters. The molecule has 6 nitrogen and oxygen atoms in total. The van der Waals surface area contributed by atoms with Gasteiger partial charge >= 0.3 is 5.97 Å². The van der Waals surface area contributed by atoms with Crippen molar-refractivity contribution in [3.63, 3.8) is 0 Å². The third-order valence-corrected chi connectivity index (χ3v) is 6.92. The molecule has 0 radical (unpaired) electrons. The number of carbonyl (C=O) groups excluding carboxylic acids is 1. The Labute approximate surface area is 173 Å². The summed E-state index contributed by atoms with van der Waals surface area (Å²) in [4.78, 5) is 15.7. The second-order valence-corrected chi connectivity index (χ2v) is 8.94. The largest absolute Gasteiger partial charge is 0.460 e. The lowest BCUT2D eigenvalue weighted by molar-refractivity contribution is -0.913. The van der Waals surface area contributed by atoms with Crippen molar-refractivity contribution in [3.05, 3.63) is 30.0 Å². The van der Waals surface area contributed by atoms with Gasteiger partial charge in [0.15, 0.2) is 11.6 Å². The summed E-state index contributed by atoms with van der Waals surface area (Å²) in [7, 11) is 2.29. The fraction of sp³-hybridized carbons (Fsp3) is 0.652. The van der Waals surface area contributed by atoms with Crippen LogP contribution < -0.4 is 0 Å². The number of hydrogen-bond acceptors (Lipinski definition) is 5. The van der Waals surface area contributed by atoms with Crippen LogP contribution >= 0.6 is 0 Å². The Morgan fingerprint density at radius 2 is 1.90 bits per heavy atom. The van der Waals surface area contributed by atoms with Gasteiger partial charge in [-0.15, -0.1) is 0 Å². The highest BCUT2D eigenvalue weighted by atomic mass is 16.5. The van der Waals surface area contributed by atoms with Crippen LogP contribution in [0, 0.1) is 0 Å². The maximum atomic E-state index is 13.4. The topological polar surface area (TPSA) is 55.6 Å². The molecular formula is C23H34N3O3+. The van der Waals surface area contributed by atoms with Gasteiger partial charge in [0.05, 0.1) is 26.7 Å². The van der Waals surface area contributed by atoms with Gasteiger partial charge in [-0.3, -0.25) is 4.90 Å². The smallest absolute Gasteiger partial charge is 0.330 e. The van der Waals surface area contributed by atoms with E-state index in [0.717, 1.165) is 73.9 Å². The van der Waals surface area contributed by atoms with Crippen LogP contribution in [0.1, 0.15) is 57.2 Å². The molecule has 0 amide bonds. The van der Waals surface area contributed by atoms with Gasteiger partial charge in [-0.05, 0) is 45.0 Å². The zero-order chi connectivity index (χ0) is 20.3. The highest BCUT2D eigenvalue weighted by Crippen LogP contribution is 2.32. The first-order valence-electron chi connectivity index (χ1n) is 11.2. The van der Waals surface area contributed by atoms with E-state index in [1.807, 2.05) is 24.3 Å². The first kappa shape index (κ1) is 20.4. The minimum absolute atomic E-state index is 0.00731.